The molecular formula is C16H24F3N. The second kappa shape index (κ2) is 7.67. The zero-order chi connectivity index (χ0) is 15.2. The molecule has 1 nitrogen and oxygen atoms in total. The molecule has 20 heavy (non-hydrogen) atoms. The molecule has 0 bridgehead atoms. The summed E-state index contributed by atoms with van der Waals surface area (Å²) in [7, 11) is 0. The minimum Gasteiger partial charge on any atom is -0.310 e. The fourth-order valence-electron chi connectivity index (χ4n) is 2.08. The zero-order valence-electron chi connectivity index (χ0n) is 12.4. The van der Waals surface area contributed by atoms with Gasteiger partial charge >= 0.3 is 6.18 Å². The molecule has 1 unspecified atom stereocenters. The molecule has 0 aliphatic rings. The van der Waals surface area contributed by atoms with Gasteiger partial charge in [-0.15, -0.1) is 0 Å². The molecular weight excluding hydrogens is 263 g/mol. The molecule has 0 heterocycles. The lowest BCUT2D eigenvalue weighted by Gasteiger charge is -2.15. The van der Waals surface area contributed by atoms with Gasteiger partial charge in [-0.1, -0.05) is 44.9 Å². The van der Waals surface area contributed by atoms with Gasteiger partial charge in [0.05, 0.1) is 5.56 Å². The van der Waals surface area contributed by atoms with Crippen molar-refractivity contribution >= 4 is 0 Å². The molecule has 0 amide bonds. The van der Waals surface area contributed by atoms with Crippen molar-refractivity contribution in [1.82, 2.24) is 5.32 Å². The van der Waals surface area contributed by atoms with E-state index in [1.807, 2.05) is 0 Å². The lowest BCUT2D eigenvalue weighted by molar-refractivity contribution is -0.137. The van der Waals surface area contributed by atoms with Gasteiger partial charge in [0, 0.05) is 12.6 Å². The van der Waals surface area contributed by atoms with Crippen molar-refractivity contribution in [2.75, 3.05) is 0 Å². The van der Waals surface area contributed by atoms with Crippen molar-refractivity contribution in [3.05, 3.63) is 35.4 Å². The molecule has 0 spiro atoms. The number of benzene rings is 1. The molecule has 1 atom stereocenters. The Morgan fingerprint density at radius 2 is 1.80 bits per heavy atom. The van der Waals surface area contributed by atoms with Gasteiger partial charge in [-0.05, 0) is 30.9 Å². The van der Waals surface area contributed by atoms with Gasteiger partial charge in [-0.3, -0.25) is 0 Å². The lowest BCUT2D eigenvalue weighted by atomic mass is 10.0. The first kappa shape index (κ1) is 17.0. The van der Waals surface area contributed by atoms with Gasteiger partial charge in [0.25, 0.3) is 0 Å². The van der Waals surface area contributed by atoms with Gasteiger partial charge in [0.2, 0.25) is 0 Å². The Labute approximate surface area is 119 Å². The van der Waals surface area contributed by atoms with Crippen molar-refractivity contribution < 1.29 is 13.2 Å². The highest BCUT2D eigenvalue weighted by molar-refractivity contribution is 5.25. The molecule has 1 N–H and O–H groups in total. The molecule has 1 aromatic rings. The van der Waals surface area contributed by atoms with Crippen LogP contribution in [0.2, 0.25) is 0 Å². The molecule has 0 aliphatic carbocycles. The van der Waals surface area contributed by atoms with Crippen LogP contribution in [0.15, 0.2) is 24.3 Å². The van der Waals surface area contributed by atoms with Crippen molar-refractivity contribution in [3.63, 3.8) is 0 Å². The van der Waals surface area contributed by atoms with Crippen LogP contribution in [-0.2, 0) is 12.7 Å². The quantitative estimate of drug-likeness (QED) is 0.743. The maximum atomic E-state index is 12.6. The first-order valence-electron chi connectivity index (χ1n) is 7.18. The number of hydrogen-bond donors (Lipinski definition) is 1. The average molecular weight is 287 g/mol. The van der Waals surface area contributed by atoms with E-state index in [-0.39, 0.29) is 0 Å². The largest absolute Gasteiger partial charge is 0.416 e. The van der Waals surface area contributed by atoms with E-state index < -0.39 is 11.7 Å². The minimum atomic E-state index is -4.26. The van der Waals surface area contributed by atoms with E-state index in [0.717, 1.165) is 18.9 Å². The summed E-state index contributed by atoms with van der Waals surface area (Å²) in [6.07, 6.45) is -0.875. The third-order valence-corrected chi connectivity index (χ3v) is 3.33. The third-order valence-electron chi connectivity index (χ3n) is 3.33. The van der Waals surface area contributed by atoms with Crippen LogP contribution in [0.25, 0.3) is 0 Å². The van der Waals surface area contributed by atoms with Crippen molar-refractivity contribution in [2.45, 2.75) is 58.8 Å². The number of alkyl halides is 3. The standard InChI is InChI=1S/C16H24F3N/c1-12(2)6-4-7-13(3)20-11-14-8-5-9-15(10-14)16(17,18)19/h5,8-10,12-13,20H,4,6-7,11H2,1-3H3. The summed E-state index contributed by atoms with van der Waals surface area (Å²) >= 11 is 0. The van der Waals surface area contributed by atoms with Crippen LogP contribution in [0.5, 0.6) is 0 Å². The Morgan fingerprint density at radius 1 is 1.10 bits per heavy atom. The van der Waals surface area contributed by atoms with Crippen molar-refractivity contribution in [1.29, 1.82) is 0 Å². The highest BCUT2D eigenvalue weighted by Gasteiger charge is 2.30. The predicted octanol–water partition coefficient (Wildman–Crippen LogP) is 5.01. The van der Waals surface area contributed by atoms with E-state index in [1.54, 1.807) is 6.07 Å². The van der Waals surface area contributed by atoms with Crippen LogP contribution in [0.3, 0.4) is 0 Å². The summed E-state index contributed by atoms with van der Waals surface area (Å²) in [5.41, 5.74) is 0.0970. The highest BCUT2D eigenvalue weighted by atomic mass is 19.4. The van der Waals surface area contributed by atoms with E-state index in [0.29, 0.717) is 24.1 Å². The van der Waals surface area contributed by atoms with Crippen LogP contribution < -0.4 is 5.32 Å². The Morgan fingerprint density at radius 3 is 2.40 bits per heavy atom. The number of rotatable bonds is 7. The molecule has 0 aromatic heterocycles. The van der Waals surface area contributed by atoms with Gasteiger partial charge < -0.3 is 5.32 Å². The molecule has 0 radical (unpaired) electrons. The van der Waals surface area contributed by atoms with Crippen LogP contribution in [0.4, 0.5) is 13.2 Å². The average Bonchev–Trinajstić information content (AvgIpc) is 2.35. The Hall–Kier alpha value is -1.03. The molecule has 1 rings (SSSR count). The van der Waals surface area contributed by atoms with Gasteiger partial charge in [-0.25, -0.2) is 0 Å². The summed E-state index contributed by atoms with van der Waals surface area (Å²) in [5.74, 6) is 0.700. The second-order valence-electron chi connectivity index (χ2n) is 5.80. The Kier molecular flexibility index (Phi) is 6.53. The summed E-state index contributed by atoms with van der Waals surface area (Å²) in [6.45, 7) is 6.95. The molecule has 0 fully saturated rings. The van der Waals surface area contributed by atoms with E-state index in [9.17, 15) is 13.2 Å². The van der Waals surface area contributed by atoms with Crippen LogP contribution >= 0.6 is 0 Å². The summed E-state index contributed by atoms with van der Waals surface area (Å²) in [5, 5.41) is 3.28. The smallest absolute Gasteiger partial charge is 0.310 e. The van der Waals surface area contributed by atoms with Gasteiger partial charge in [0.15, 0.2) is 0 Å². The van der Waals surface area contributed by atoms with Gasteiger partial charge in [0.1, 0.15) is 0 Å². The second-order valence-corrected chi connectivity index (χ2v) is 5.80. The highest BCUT2D eigenvalue weighted by Crippen LogP contribution is 2.29. The Balaban J connectivity index is 2.41. The number of halogens is 3. The minimum absolute atomic E-state index is 0.322. The van der Waals surface area contributed by atoms with Gasteiger partial charge in [-0.2, -0.15) is 13.2 Å². The topological polar surface area (TPSA) is 12.0 Å². The molecule has 0 aliphatic heterocycles. The normalized spacial score (nSPS) is 13.8. The van der Waals surface area contributed by atoms with E-state index in [1.165, 1.54) is 18.6 Å². The van der Waals surface area contributed by atoms with Crippen LogP contribution in [0.1, 0.15) is 51.2 Å². The first-order chi connectivity index (χ1) is 9.29. The van der Waals surface area contributed by atoms with E-state index in [2.05, 4.69) is 26.1 Å². The number of nitrogens with one attached hydrogen (secondary N) is 1. The van der Waals surface area contributed by atoms with Crippen molar-refractivity contribution in [3.8, 4) is 0 Å². The monoisotopic (exact) mass is 287 g/mol. The molecule has 4 heteroatoms. The molecule has 0 saturated carbocycles. The summed E-state index contributed by atoms with van der Waals surface area (Å²) in [4.78, 5) is 0. The van der Waals surface area contributed by atoms with Crippen LogP contribution in [-0.4, -0.2) is 6.04 Å². The molecule has 1 aromatic carbocycles. The molecule has 114 valence electrons. The fourth-order valence-corrected chi connectivity index (χ4v) is 2.08. The fraction of sp³-hybridized carbons (Fsp3) is 0.625. The number of hydrogen-bond acceptors (Lipinski definition) is 1. The maximum absolute atomic E-state index is 12.6. The third kappa shape index (κ3) is 6.42. The molecule has 0 saturated heterocycles. The summed E-state index contributed by atoms with van der Waals surface area (Å²) in [6, 6.07) is 5.83. The lowest BCUT2D eigenvalue weighted by Crippen LogP contribution is -2.25. The van der Waals surface area contributed by atoms with E-state index in [4.69, 9.17) is 0 Å². The Bertz CT molecular complexity index is 399. The summed E-state index contributed by atoms with van der Waals surface area (Å²) < 4.78 is 37.8. The van der Waals surface area contributed by atoms with E-state index >= 15 is 0 Å². The SMILES string of the molecule is CC(C)CCCC(C)NCc1cccc(C(F)(F)F)c1. The maximum Gasteiger partial charge on any atom is 0.416 e. The van der Waals surface area contributed by atoms with Crippen molar-refractivity contribution in [2.24, 2.45) is 5.92 Å². The predicted molar refractivity (Wildman–Crippen MR) is 76.4 cm³/mol. The zero-order valence-corrected chi connectivity index (χ0v) is 12.4. The first-order valence-corrected chi connectivity index (χ1v) is 7.18. The van der Waals surface area contributed by atoms with Crippen LogP contribution in [0, 0.1) is 5.92 Å².